The van der Waals surface area contributed by atoms with Gasteiger partial charge in [0.1, 0.15) is 11.5 Å². The molecule has 7 nitrogen and oxygen atoms in total. The molecule has 0 aliphatic heterocycles. The van der Waals surface area contributed by atoms with Gasteiger partial charge in [-0.3, -0.25) is 9.59 Å². The number of unbranched alkanes of at least 4 members (excludes halogenated alkanes) is 1. The SMILES string of the molecule is CCC(CC)NC(=O)CCCCC(=O)C1(F)CCCCCc2c1nnn2CCCC(C)=O. The van der Waals surface area contributed by atoms with Crippen molar-refractivity contribution in [3.8, 4) is 0 Å². The minimum absolute atomic E-state index is 0.0112. The van der Waals surface area contributed by atoms with Crippen LogP contribution < -0.4 is 5.32 Å². The minimum Gasteiger partial charge on any atom is -0.353 e. The predicted molar refractivity (Wildman–Crippen MR) is 121 cm³/mol. The Bertz CT molecular complexity index is 775. The third kappa shape index (κ3) is 7.20. The summed E-state index contributed by atoms with van der Waals surface area (Å²) in [5.74, 6) is -0.365. The second kappa shape index (κ2) is 12.8. The van der Waals surface area contributed by atoms with Gasteiger partial charge in [0, 0.05) is 31.8 Å². The number of carbonyl (C=O) groups is 3. The van der Waals surface area contributed by atoms with Crippen molar-refractivity contribution < 1.29 is 18.8 Å². The van der Waals surface area contributed by atoms with Crippen LogP contribution in [0.15, 0.2) is 0 Å². The van der Waals surface area contributed by atoms with E-state index in [0.29, 0.717) is 57.2 Å². The fraction of sp³-hybridized carbons (Fsp3) is 0.792. The van der Waals surface area contributed by atoms with E-state index in [1.807, 2.05) is 13.8 Å². The van der Waals surface area contributed by atoms with E-state index in [1.54, 1.807) is 11.6 Å². The summed E-state index contributed by atoms with van der Waals surface area (Å²) in [4.78, 5) is 36.3. The number of nitrogens with one attached hydrogen (secondary N) is 1. The number of Topliss-reactive ketones (excluding diaryl/α,β-unsaturated/α-hetero) is 2. The summed E-state index contributed by atoms with van der Waals surface area (Å²) < 4.78 is 17.8. The van der Waals surface area contributed by atoms with Crippen LogP contribution in [-0.4, -0.2) is 38.5 Å². The molecule has 0 fully saturated rings. The summed E-state index contributed by atoms with van der Waals surface area (Å²) in [6.45, 7) is 6.12. The molecule has 1 unspecified atom stereocenters. The molecular weight excluding hydrogens is 411 g/mol. The Balaban J connectivity index is 1.99. The molecule has 0 saturated heterocycles. The molecule has 0 aromatic carbocycles. The molecule has 0 radical (unpaired) electrons. The summed E-state index contributed by atoms with van der Waals surface area (Å²) >= 11 is 0. The van der Waals surface area contributed by atoms with Crippen LogP contribution in [0.5, 0.6) is 0 Å². The van der Waals surface area contributed by atoms with Crippen LogP contribution in [-0.2, 0) is 33.0 Å². The summed E-state index contributed by atoms with van der Waals surface area (Å²) in [5.41, 5.74) is -1.27. The number of ketones is 2. The van der Waals surface area contributed by atoms with Gasteiger partial charge in [-0.15, -0.1) is 5.10 Å². The van der Waals surface area contributed by atoms with Crippen LogP contribution in [0.2, 0.25) is 0 Å². The number of carbonyl (C=O) groups excluding carboxylic acids is 3. The zero-order valence-corrected chi connectivity index (χ0v) is 19.9. The Kier molecular flexibility index (Phi) is 10.5. The Labute approximate surface area is 190 Å². The van der Waals surface area contributed by atoms with Crippen molar-refractivity contribution in [2.45, 2.75) is 122 Å². The third-order valence-corrected chi connectivity index (χ3v) is 6.40. The van der Waals surface area contributed by atoms with Gasteiger partial charge in [0.25, 0.3) is 0 Å². The zero-order valence-electron chi connectivity index (χ0n) is 19.9. The fourth-order valence-electron chi connectivity index (χ4n) is 4.34. The van der Waals surface area contributed by atoms with Crippen LogP contribution in [0, 0.1) is 0 Å². The smallest absolute Gasteiger partial charge is 0.220 e. The molecule has 1 atom stereocenters. The first-order chi connectivity index (χ1) is 15.3. The number of hydrogen-bond acceptors (Lipinski definition) is 5. The van der Waals surface area contributed by atoms with Crippen LogP contribution in [0.4, 0.5) is 4.39 Å². The number of halogens is 1. The number of rotatable bonds is 13. The second-order valence-electron chi connectivity index (χ2n) is 8.99. The lowest BCUT2D eigenvalue weighted by Crippen LogP contribution is -2.34. The van der Waals surface area contributed by atoms with Crippen molar-refractivity contribution in [1.29, 1.82) is 0 Å². The first-order valence-corrected chi connectivity index (χ1v) is 12.3. The zero-order chi connectivity index (χ0) is 23.6. The maximum atomic E-state index is 16.1. The number of amides is 1. The number of hydrogen-bond donors (Lipinski definition) is 1. The van der Waals surface area contributed by atoms with Crippen molar-refractivity contribution >= 4 is 17.5 Å². The van der Waals surface area contributed by atoms with Gasteiger partial charge in [-0.25, -0.2) is 9.07 Å². The fourth-order valence-corrected chi connectivity index (χ4v) is 4.34. The van der Waals surface area contributed by atoms with Gasteiger partial charge in [0.05, 0.1) is 5.69 Å². The maximum Gasteiger partial charge on any atom is 0.220 e. The van der Waals surface area contributed by atoms with E-state index >= 15 is 4.39 Å². The van der Waals surface area contributed by atoms with Crippen LogP contribution in [0.1, 0.15) is 109 Å². The molecule has 180 valence electrons. The number of aromatic nitrogens is 3. The van der Waals surface area contributed by atoms with Crippen molar-refractivity contribution in [2.75, 3.05) is 0 Å². The highest BCUT2D eigenvalue weighted by Gasteiger charge is 2.44. The van der Waals surface area contributed by atoms with E-state index in [2.05, 4.69) is 15.6 Å². The molecule has 0 spiro atoms. The summed E-state index contributed by atoms with van der Waals surface area (Å²) in [6.07, 6.45) is 7.47. The van der Waals surface area contributed by atoms with E-state index in [-0.39, 0.29) is 36.3 Å². The lowest BCUT2D eigenvalue weighted by atomic mass is 9.84. The lowest BCUT2D eigenvalue weighted by molar-refractivity contribution is -0.132. The second-order valence-corrected chi connectivity index (χ2v) is 8.99. The molecule has 1 aromatic heterocycles. The average molecular weight is 451 g/mol. The topological polar surface area (TPSA) is 93.9 Å². The van der Waals surface area contributed by atoms with E-state index in [0.717, 1.165) is 25.7 Å². The van der Waals surface area contributed by atoms with E-state index < -0.39 is 11.5 Å². The van der Waals surface area contributed by atoms with Crippen LogP contribution in [0.3, 0.4) is 0 Å². The summed E-state index contributed by atoms with van der Waals surface area (Å²) in [6, 6.07) is 0.185. The van der Waals surface area contributed by atoms with Crippen molar-refractivity contribution in [3.63, 3.8) is 0 Å². The Hall–Kier alpha value is -2.12. The minimum atomic E-state index is -2.12. The quantitative estimate of drug-likeness (QED) is 0.451. The van der Waals surface area contributed by atoms with Crippen molar-refractivity contribution in [1.82, 2.24) is 20.3 Å². The number of alkyl halides is 1. The van der Waals surface area contributed by atoms with Crippen molar-refractivity contribution in [2.24, 2.45) is 0 Å². The molecule has 8 heteroatoms. The van der Waals surface area contributed by atoms with Crippen LogP contribution >= 0.6 is 0 Å². The first-order valence-electron chi connectivity index (χ1n) is 12.3. The average Bonchev–Trinajstić information content (AvgIpc) is 3.15. The van der Waals surface area contributed by atoms with Gasteiger partial charge in [0.2, 0.25) is 11.6 Å². The lowest BCUT2D eigenvalue weighted by Gasteiger charge is -2.25. The number of aryl methyl sites for hydroxylation is 1. The van der Waals surface area contributed by atoms with Gasteiger partial charge in [-0.1, -0.05) is 25.5 Å². The molecule has 0 bridgehead atoms. The summed E-state index contributed by atoms with van der Waals surface area (Å²) in [7, 11) is 0. The third-order valence-electron chi connectivity index (χ3n) is 6.40. The first kappa shape index (κ1) is 26.1. The predicted octanol–water partition coefficient (Wildman–Crippen LogP) is 4.36. The monoisotopic (exact) mass is 450 g/mol. The molecule has 1 aromatic rings. The van der Waals surface area contributed by atoms with Crippen LogP contribution in [0.25, 0.3) is 0 Å². The molecular formula is C24H39FN4O3. The molecule has 1 aliphatic rings. The Morgan fingerprint density at radius 3 is 2.47 bits per heavy atom. The van der Waals surface area contributed by atoms with E-state index in [4.69, 9.17) is 0 Å². The Morgan fingerprint density at radius 2 is 1.78 bits per heavy atom. The number of fused-ring (bicyclic) bond motifs is 1. The Morgan fingerprint density at radius 1 is 1.06 bits per heavy atom. The molecule has 0 saturated carbocycles. The molecule has 1 heterocycles. The van der Waals surface area contributed by atoms with E-state index in [1.165, 1.54) is 0 Å². The standard InChI is InChI=1S/C24H39FN4O3/c1-4-19(5-2)26-22(32)15-9-8-14-21(31)24(25)16-10-6-7-13-20-23(24)27-28-29(20)17-11-12-18(3)30/h19H,4-17H2,1-3H3,(H,26,32). The molecule has 32 heavy (non-hydrogen) atoms. The van der Waals surface area contributed by atoms with Crippen molar-refractivity contribution in [3.05, 3.63) is 11.4 Å². The highest BCUT2D eigenvalue weighted by molar-refractivity contribution is 5.88. The largest absolute Gasteiger partial charge is 0.353 e. The van der Waals surface area contributed by atoms with E-state index in [9.17, 15) is 14.4 Å². The molecule has 2 rings (SSSR count). The molecule has 1 N–H and O–H groups in total. The molecule has 1 amide bonds. The highest BCUT2D eigenvalue weighted by atomic mass is 19.1. The normalized spacial score (nSPS) is 18.7. The maximum absolute atomic E-state index is 16.1. The van der Waals surface area contributed by atoms with Gasteiger partial charge in [-0.2, -0.15) is 0 Å². The summed E-state index contributed by atoms with van der Waals surface area (Å²) in [5, 5.41) is 11.2. The molecule has 1 aliphatic carbocycles. The highest BCUT2D eigenvalue weighted by Crippen LogP contribution is 2.37. The van der Waals surface area contributed by atoms with Gasteiger partial charge < -0.3 is 10.1 Å². The number of nitrogens with zero attached hydrogens (tertiary/aromatic N) is 3. The van der Waals surface area contributed by atoms with Gasteiger partial charge >= 0.3 is 0 Å². The van der Waals surface area contributed by atoms with Gasteiger partial charge in [-0.05, 0) is 64.7 Å². The van der Waals surface area contributed by atoms with Gasteiger partial charge in [0.15, 0.2) is 5.78 Å².